The third-order valence-corrected chi connectivity index (χ3v) is 5.89. The lowest BCUT2D eigenvalue weighted by Gasteiger charge is -2.13. The van der Waals surface area contributed by atoms with E-state index >= 15 is 0 Å². The molecule has 0 fully saturated rings. The normalized spacial score (nSPS) is 11.1. The Morgan fingerprint density at radius 1 is 1.11 bits per heavy atom. The van der Waals surface area contributed by atoms with Gasteiger partial charge in [-0.1, -0.05) is 66.2 Å². The highest BCUT2D eigenvalue weighted by atomic mass is 35.5. The highest BCUT2D eigenvalue weighted by molar-refractivity contribution is 6.31. The zero-order valence-electron chi connectivity index (χ0n) is 19.2. The fraction of sp³-hybridized carbons (Fsp3) is 0.0714. The minimum Gasteiger partial charge on any atom is -0.488 e. The lowest BCUT2D eigenvalue weighted by atomic mass is 10.0. The molecule has 0 atom stereocenters. The fourth-order valence-corrected chi connectivity index (χ4v) is 3.89. The molecular formula is C28H20ClN3O4. The van der Waals surface area contributed by atoms with E-state index in [2.05, 4.69) is 5.32 Å². The zero-order valence-corrected chi connectivity index (χ0v) is 20.0. The van der Waals surface area contributed by atoms with Crippen molar-refractivity contribution in [2.24, 2.45) is 0 Å². The van der Waals surface area contributed by atoms with Crippen molar-refractivity contribution in [3.05, 3.63) is 116 Å². The molecule has 8 heteroatoms. The summed E-state index contributed by atoms with van der Waals surface area (Å²) in [6, 6.07) is 24.8. The van der Waals surface area contributed by atoms with Crippen LogP contribution in [0.1, 0.15) is 16.7 Å². The van der Waals surface area contributed by atoms with Crippen molar-refractivity contribution < 1.29 is 14.5 Å². The Kier molecular flexibility index (Phi) is 7.28. The maximum absolute atomic E-state index is 13.0. The van der Waals surface area contributed by atoms with Crippen LogP contribution in [0.4, 0.5) is 11.4 Å². The molecule has 0 unspecified atom stereocenters. The van der Waals surface area contributed by atoms with Crippen LogP contribution in [-0.4, -0.2) is 10.8 Å². The Bertz CT molecular complexity index is 1560. The topological polar surface area (TPSA) is 105 Å². The van der Waals surface area contributed by atoms with Crippen LogP contribution in [0.15, 0.2) is 84.4 Å². The second kappa shape index (κ2) is 10.7. The third kappa shape index (κ3) is 5.35. The van der Waals surface area contributed by atoms with E-state index < -0.39 is 10.8 Å². The first-order valence-corrected chi connectivity index (χ1v) is 11.3. The Hall–Kier alpha value is -4.67. The summed E-state index contributed by atoms with van der Waals surface area (Å²) in [5.41, 5.74) is 1.51. The Balaban J connectivity index is 1.72. The molecule has 178 valence electrons. The molecular weight excluding hydrogens is 478 g/mol. The van der Waals surface area contributed by atoms with Gasteiger partial charge in [0.05, 0.1) is 4.92 Å². The number of nitro benzene ring substituents is 1. The molecule has 0 spiro atoms. The number of benzene rings is 4. The summed E-state index contributed by atoms with van der Waals surface area (Å²) in [4.78, 5) is 23.9. The van der Waals surface area contributed by atoms with Crippen molar-refractivity contribution in [3.8, 4) is 11.8 Å². The monoisotopic (exact) mass is 497 g/mol. The number of fused-ring (bicyclic) bond motifs is 1. The standard InChI is InChI=1S/C28H20ClN3O4/c1-18-10-12-25(26(14-18)32(34)35)31-28(33)21(16-30)15-23-22-8-4-2-6-19(22)11-13-27(23)36-17-20-7-3-5-9-24(20)29/h2-15H,17H2,1H3,(H,31,33)/b21-15+. The molecule has 0 heterocycles. The first-order chi connectivity index (χ1) is 17.4. The van der Waals surface area contributed by atoms with Gasteiger partial charge in [-0.2, -0.15) is 5.26 Å². The number of rotatable bonds is 7. The van der Waals surface area contributed by atoms with Gasteiger partial charge in [0.1, 0.15) is 29.7 Å². The number of aryl methyl sites for hydroxylation is 1. The predicted octanol–water partition coefficient (Wildman–Crippen LogP) is 6.83. The summed E-state index contributed by atoms with van der Waals surface area (Å²) in [5, 5.41) is 26.0. The van der Waals surface area contributed by atoms with Gasteiger partial charge in [-0.3, -0.25) is 14.9 Å². The van der Waals surface area contributed by atoms with E-state index in [9.17, 15) is 20.2 Å². The van der Waals surface area contributed by atoms with Gasteiger partial charge in [0.25, 0.3) is 11.6 Å². The minimum absolute atomic E-state index is 0.00450. The van der Waals surface area contributed by atoms with E-state index in [0.717, 1.165) is 16.3 Å². The molecule has 4 aromatic rings. The molecule has 0 saturated carbocycles. The Morgan fingerprint density at radius 3 is 2.61 bits per heavy atom. The number of hydrogen-bond acceptors (Lipinski definition) is 5. The summed E-state index contributed by atoms with van der Waals surface area (Å²) in [6.07, 6.45) is 1.43. The largest absolute Gasteiger partial charge is 0.488 e. The van der Waals surface area contributed by atoms with Crippen molar-refractivity contribution in [1.29, 1.82) is 5.26 Å². The average Bonchev–Trinajstić information content (AvgIpc) is 2.88. The molecule has 0 aromatic heterocycles. The molecule has 0 aliphatic carbocycles. The number of carbonyl (C=O) groups is 1. The highest BCUT2D eigenvalue weighted by Gasteiger charge is 2.19. The fourth-order valence-electron chi connectivity index (χ4n) is 3.70. The van der Waals surface area contributed by atoms with Gasteiger partial charge in [-0.05, 0) is 47.5 Å². The quantitative estimate of drug-likeness (QED) is 0.130. The number of nitrogens with one attached hydrogen (secondary N) is 1. The van der Waals surface area contributed by atoms with Crippen molar-refractivity contribution in [3.63, 3.8) is 0 Å². The van der Waals surface area contributed by atoms with Crippen LogP contribution in [0.25, 0.3) is 16.8 Å². The number of anilines is 1. The molecule has 0 aliphatic heterocycles. The second-order valence-corrected chi connectivity index (χ2v) is 8.39. The number of amides is 1. The maximum Gasteiger partial charge on any atom is 0.293 e. The van der Waals surface area contributed by atoms with E-state index in [4.69, 9.17) is 16.3 Å². The van der Waals surface area contributed by atoms with E-state index in [0.29, 0.717) is 21.9 Å². The van der Waals surface area contributed by atoms with Crippen molar-refractivity contribution in [2.75, 3.05) is 5.32 Å². The molecule has 1 amide bonds. The SMILES string of the molecule is Cc1ccc(NC(=O)/C(C#N)=C/c2c(OCc3ccccc3Cl)ccc3ccccc23)c([N+](=O)[O-])c1. The minimum atomic E-state index is -0.769. The number of ether oxygens (including phenoxy) is 1. The van der Waals surface area contributed by atoms with Gasteiger partial charge in [-0.25, -0.2) is 0 Å². The highest BCUT2D eigenvalue weighted by Crippen LogP contribution is 2.32. The van der Waals surface area contributed by atoms with Gasteiger partial charge in [0.15, 0.2) is 0 Å². The van der Waals surface area contributed by atoms with Gasteiger partial charge in [0.2, 0.25) is 0 Å². The maximum atomic E-state index is 13.0. The van der Waals surface area contributed by atoms with Gasteiger partial charge in [-0.15, -0.1) is 0 Å². The van der Waals surface area contributed by atoms with Crippen molar-refractivity contribution >= 4 is 45.7 Å². The van der Waals surface area contributed by atoms with Crippen LogP contribution >= 0.6 is 11.6 Å². The van der Waals surface area contributed by atoms with Gasteiger partial charge >= 0.3 is 0 Å². The molecule has 36 heavy (non-hydrogen) atoms. The van der Waals surface area contributed by atoms with Crippen LogP contribution in [-0.2, 0) is 11.4 Å². The summed E-state index contributed by atoms with van der Waals surface area (Å²) < 4.78 is 6.06. The van der Waals surface area contributed by atoms with E-state index in [1.807, 2.05) is 54.6 Å². The van der Waals surface area contributed by atoms with Crippen LogP contribution in [0.5, 0.6) is 5.75 Å². The van der Waals surface area contributed by atoms with Gasteiger partial charge < -0.3 is 10.1 Å². The number of nitro groups is 1. The molecule has 0 radical (unpaired) electrons. The van der Waals surface area contributed by atoms with E-state index in [1.165, 1.54) is 18.2 Å². The number of nitriles is 1. The van der Waals surface area contributed by atoms with Crippen molar-refractivity contribution in [1.82, 2.24) is 0 Å². The zero-order chi connectivity index (χ0) is 25.7. The first-order valence-electron chi connectivity index (χ1n) is 10.9. The smallest absolute Gasteiger partial charge is 0.293 e. The van der Waals surface area contributed by atoms with E-state index in [-0.39, 0.29) is 23.6 Å². The number of carbonyl (C=O) groups excluding carboxylic acids is 1. The molecule has 0 saturated heterocycles. The summed E-state index contributed by atoms with van der Waals surface area (Å²) in [7, 11) is 0. The van der Waals surface area contributed by atoms with Crippen LogP contribution in [0.3, 0.4) is 0 Å². The Labute approximate surface area is 212 Å². The number of nitrogens with zero attached hydrogens (tertiary/aromatic N) is 2. The lowest BCUT2D eigenvalue weighted by Crippen LogP contribution is -2.14. The molecule has 7 nitrogen and oxygen atoms in total. The molecule has 0 aliphatic rings. The molecule has 4 rings (SSSR count). The lowest BCUT2D eigenvalue weighted by molar-refractivity contribution is -0.384. The molecule has 4 aromatic carbocycles. The summed E-state index contributed by atoms with van der Waals surface area (Å²) in [6.45, 7) is 1.90. The van der Waals surface area contributed by atoms with Crippen LogP contribution in [0.2, 0.25) is 5.02 Å². The average molecular weight is 498 g/mol. The first kappa shape index (κ1) is 24.5. The number of hydrogen-bond donors (Lipinski definition) is 1. The molecule has 1 N–H and O–H groups in total. The number of halogens is 1. The van der Waals surface area contributed by atoms with Crippen LogP contribution in [0, 0.1) is 28.4 Å². The summed E-state index contributed by atoms with van der Waals surface area (Å²) in [5.74, 6) is -0.315. The predicted molar refractivity (Wildman–Crippen MR) is 140 cm³/mol. The van der Waals surface area contributed by atoms with Crippen LogP contribution < -0.4 is 10.1 Å². The van der Waals surface area contributed by atoms with E-state index in [1.54, 1.807) is 25.1 Å². The van der Waals surface area contributed by atoms with Gasteiger partial charge in [0, 0.05) is 22.2 Å². The Morgan fingerprint density at radius 2 is 1.86 bits per heavy atom. The summed E-state index contributed by atoms with van der Waals surface area (Å²) >= 11 is 6.26. The molecule has 0 bridgehead atoms. The second-order valence-electron chi connectivity index (χ2n) is 7.98. The van der Waals surface area contributed by atoms with Crippen molar-refractivity contribution in [2.45, 2.75) is 13.5 Å². The third-order valence-electron chi connectivity index (χ3n) is 5.52.